The minimum atomic E-state index is -0.0965. The molecule has 4 aliphatic carbocycles. The van der Waals surface area contributed by atoms with Crippen molar-refractivity contribution in [3.63, 3.8) is 0 Å². The highest BCUT2D eigenvalue weighted by Gasteiger charge is 2.58. The van der Waals surface area contributed by atoms with E-state index in [2.05, 4.69) is 37.8 Å². The molecule has 150 valence electrons. The van der Waals surface area contributed by atoms with Gasteiger partial charge in [0.05, 0.1) is 6.10 Å². The Morgan fingerprint density at radius 3 is 2.52 bits per heavy atom. The van der Waals surface area contributed by atoms with Crippen LogP contribution >= 0.6 is 0 Å². The molecule has 2 saturated carbocycles. The first-order valence-corrected chi connectivity index (χ1v) is 11.8. The van der Waals surface area contributed by atoms with Crippen molar-refractivity contribution < 1.29 is 5.11 Å². The largest absolute Gasteiger partial charge is 0.393 e. The average Bonchev–Trinajstić information content (AvgIpc) is 3.01. The number of rotatable bonds is 1. The minimum Gasteiger partial charge on any atom is -0.393 e. The zero-order valence-corrected chi connectivity index (χ0v) is 17.7. The Bertz CT molecular complexity index is 659. The van der Waals surface area contributed by atoms with Crippen LogP contribution in [-0.2, 0) is 0 Å². The second-order valence-corrected chi connectivity index (χ2v) is 11.0. The van der Waals surface area contributed by atoms with Gasteiger partial charge in [-0.25, -0.2) is 0 Å². The van der Waals surface area contributed by atoms with E-state index in [1.807, 2.05) is 0 Å². The van der Waals surface area contributed by atoms with Gasteiger partial charge in [0.1, 0.15) is 0 Å². The molecule has 2 nitrogen and oxygen atoms in total. The molecular formula is C25H39NO. The van der Waals surface area contributed by atoms with E-state index in [1.54, 1.807) is 11.3 Å². The predicted octanol–water partition coefficient (Wildman–Crippen LogP) is 5.54. The summed E-state index contributed by atoms with van der Waals surface area (Å²) in [5.74, 6) is 3.14. The summed E-state index contributed by atoms with van der Waals surface area (Å²) < 4.78 is 0. The van der Waals surface area contributed by atoms with E-state index in [4.69, 9.17) is 0 Å². The number of aliphatic hydroxyl groups is 1. The third kappa shape index (κ3) is 2.61. The zero-order valence-electron chi connectivity index (χ0n) is 17.7. The van der Waals surface area contributed by atoms with E-state index in [0.717, 1.165) is 30.6 Å². The Balaban J connectivity index is 1.46. The van der Waals surface area contributed by atoms with Gasteiger partial charge >= 0.3 is 0 Å². The third-order valence-corrected chi connectivity index (χ3v) is 9.64. The van der Waals surface area contributed by atoms with Gasteiger partial charge in [0.25, 0.3) is 0 Å². The van der Waals surface area contributed by atoms with Crippen LogP contribution in [0.5, 0.6) is 0 Å². The van der Waals surface area contributed by atoms with Crippen LogP contribution in [0.15, 0.2) is 23.4 Å². The quantitative estimate of drug-likeness (QED) is 0.614. The maximum absolute atomic E-state index is 10.3. The van der Waals surface area contributed by atoms with Gasteiger partial charge in [0.15, 0.2) is 0 Å². The van der Waals surface area contributed by atoms with Crippen LogP contribution in [0.2, 0.25) is 0 Å². The second-order valence-electron chi connectivity index (χ2n) is 11.0. The maximum atomic E-state index is 10.3. The van der Waals surface area contributed by atoms with Crippen LogP contribution in [0.3, 0.4) is 0 Å². The summed E-state index contributed by atoms with van der Waals surface area (Å²) in [5.41, 5.74) is 4.08. The number of fused-ring (bicyclic) bond motifs is 5. The van der Waals surface area contributed by atoms with Crippen molar-refractivity contribution >= 4 is 0 Å². The Kier molecular flexibility index (Phi) is 4.31. The van der Waals surface area contributed by atoms with Crippen molar-refractivity contribution in [2.24, 2.45) is 34.5 Å². The molecule has 0 unspecified atom stereocenters. The average molecular weight is 370 g/mol. The van der Waals surface area contributed by atoms with Gasteiger partial charge in [-0.3, -0.25) is 0 Å². The molecule has 1 heterocycles. The first kappa shape index (κ1) is 18.3. The topological polar surface area (TPSA) is 23.5 Å². The lowest BCUT2D eigenvalue weighted by molar-refractivity contribution is -0.0544. The molecule has 0 spiro atoms. The lowest BCUT2D eigenvalue weighted by Gasteiger charge is -2.60. The first-order chi connectivity index (χ1) is 12.9. The molecule has 7 atom stereocenters. The molecule has 3 fully saturated rings. The van der Waals surface area contributed by atoms with E-state index in [1.165, 1.54) is 58.0 Å². The monoisotopic (exact) mass is 369 g/mol. The van der Waals surface area contributed by atoms with Crippen LogP contribution in [0.4, 0.5) is 0 Å². The van der Waals surface area contributed by atoms with Gasteiger partial charge in [-0.05, 0) is 86.9 Å². The summed E-state index contributed by atoms with van der Waals surface area (Å²) in [6.07, 6.45) is 16.5. The van der Waals surface area contributed by atoms with Crippen LogP contribution in [0.1, 0.15) is 78.6 Å². The van der Waals surface area contributed by atoms with Gasteiger partial charge in [0, 0.05) is 24.2 Å². The molecule has 0 radical (unpaired) electrons. The predicted molar refractivity (Wildman–Crippen MR) is 111 cm³/mol. The van der Waals surface area contributed by atoms with Crippen molar-refractivity contribution in [2.75, 3.05) is 13.1 Å². The lowest BCUT2D eigenvalue weighted by atomic mass is 9.46. The number of aliphatic hydroxyl groups excluding tert-OH is 1. The molecule has 2 heteroatoms. The van der Waals surface area contributed by atoms with Crippen molar-refractivity contribution in [1.82, 2.24) is 4.90 Å². The Labute approximate surface area is 166 Å². The number of nitrogens with zero attached hydrogens (tertiary/aromatic N) is 1. The summed E-state index contributed by atoms with van der Waals surface area (Å²) >= 11 is 0. The Hall–Kier alpha value is -0.760. The van der Waals surface area contributed by atoms with Gasteiger partial charge in [-0.2, -0.15) is 0 Å². The molecule has 0 amide bonds. The van der Waals surface area contributed by atoms with E-state index in [0.29, 0.717) is 16.7 Å². The second kappa shape index (κ2) is 6.37. The van der Waals surface area contributed by atoms with Crippen LogP contribution in [0, 0.1) is 34.5 Å². The molecule has 1 saturated heterocycles. The van der Waals surface area contributed by atoms with Crippen molar-refractivity contribution in [1.29, 1.82) is 0 Å². The summed E-state index contributed by atoms with van der Waals surface area (Å²) in [6, 6.07) is 0. The van der Waals surface area contributed by atoms with Crippen LogP contribution < -0.4 is 0 Å². The molecular weight excluding hydrogens is 330 g/mol. The SMILES string of the molecule is C[C@H]1C=C2C[C@H](O)CC[C@]2(C)[C@H]2CC[C@]3(C)C(N4CCCCC4)=CC[C@H]3[C@H]12. The highest BCUT2D eigenvalue weighted by atomic mass is 16.3. The standard InChI is InChI=1S/C25H39NO/c1-17-15-18-16-19(27)9-11-24(18,2)21-10-12-25(3)20(23(17)21)7-8-22(25)26-13-5-4-6-14-26/h8,15,17,19-21,23,27H,4-7,9-14,16H2,1-3H3/t17-,19+,20-,21-,23-,24-,25-/m0/s1. The normalized spacial score (nSPS) is 49.6. The summed E-state index contributed by atoms with van der Waals surface area (Å²) in [5, 5.41) is 10.3. The van der Waals surface area contributed by atoms with E-state index >= 15 is 0 Å². The molecule has 0 aromatic heterocycles. The van der Waals surface area contributed by atoms with Gasteiger partial charge in [-0.1, -0.05) is 38.5 Å². The van der Waals surface area contributed by atoms with Gasteiger partial charge in [0.2, 0.25) is 0 Å². The Morgan fingerprint density at radius 2 is 1.74 bits per heavy atom. The number of piperidine rings is 1. The summed E-state index contributed by atoms with van der Waals surface area (Å²) in [6.45, 7) is 10.2. The van der Waals surface area contributed by atoms with Gasteiger partial charge in [-0.15, -0.1) is 0 Å². The van der Waals surface area contributed by atoms with Gasteiger partial charge < -0.3 is 10.0 Å². The van der Waals surface area contributed by atoms with E-state index < -0.39 is 0 Å². The minimum absolute atomic E-state index is 0.0965. The summed E-state index contributed by atoms with van der Waals surface area (Å²) in [7, 11) is 0. The van der Waals surface area contributed by atoms with Crippen LogP contribution in [0.25, 0.3) is 0 Å². The molecule has 5 aliphatic rings. The van der Waals surface area contributed by atoms with E-state index in [-0.39, 0.29) is 6.10 Å². The van der Waals surface area contributed by atoms with Crippen LogP contribution in [-0.4, -0.2) is 29.2 Å². The molecule has 0 aromatic rings. The van der Waals surface area contributed by atoms with Crippen molar-refractivity contribution in [2.45, 2.75) is 84.7 Å². The number of hydrogen-bond donors (Lipinski definition) is 1. The number of hydrogen-bond acceptors (Lipinski definition) is 2. The lowest BCUT2D eigenvalue weighted by Crippen LogP contribution is -2.53. The fourth-order valence-electron chi connectivity index (χ4n) is 8.17. The fraction of sp³-hybridized carbons (Fsp3) is 0.840. The first-order valence-electron chi connectivity index (χ1n) is 11.8. The van der Waals surface area contributed by atoms with Crippen molar-refractivity contribution in [3.05, 3.63) is 23.4 Å². The number of allylic oxidation sites excluding steroid dienone is 3. The third-order valence-electron chi connectivity index (χ3n) is 9.64. The van der Waals surface area contributed by atoms with Crippen molar-refractivity contribution in [3.8, 4) is 0 Å². The smallest absolute Gasteiger partial charge is 0.0577 e. The van der Waals surface area contributed by atoms with E-state index in [9.17, 15) is 5.11 Å². The summed E-state index contributed by atoms with van der Waals surface area (Å²) in [4.78, 5) is 2.76. The molecule has 0 bridgehead atoms. The highest BCUT2D eigenvalue weighted by Crippen LogP contribution is 2.66. The molecule has 1 aliphatic heterocycles. The molecule has 1 N–H and O–H groups in total. The fourth-order valence-corrected chi connectivity index (χ4v) is 8.17. The number of likely N-dealkylation sites (tertiary alicyclic amines) is 1. The Morgan fingerprint density at radius 1 is 1.00 bits per heavy atom. The molecule has 0 aromatic carbocycles. The highest BCUT2D eigenvalue weighted by molar-refractivity contribution is 5.31. The maximum Gasteiger partial charge on any atom is 0.0577 e. The zero-order chi connectivity index (χ0) is 18.8. The molecule has 27 heavy (non-hydrogen) atoms. The molecule has 5 rings (SSSR count).